The van der Waals surface area contributed by atoms with Crippen LogP contribution in [-0.4, -0.2) is 34.7 Å². The molecular weight excluding hydrogens is 475 g/mol. The summed E-state index contributed by atoms with van der Waals surface area (Å²) in [5, 5.41) is 0.779. The molecule has 0 aliphatic carbocycles. The summed E-state index contributed by atoms with van der Waals surface area (Å²) in [6.07, 6.45) is 0. The molecule has 0 aliphatic heterocycles. The average molecular weight is 503 g/mol. The zero-order chi connectivity index (χ0) is 24.0. The van der Waals surface area contributed by atoms with Crippen molar-refractivity contribution in [3.05, 3.63) is 91.6 Å². The number of aryl methyl sites for hydroxylation is 1. The summed E-state index contributed by atoms with van der Waals surface area (Å²) in [5.74, 6) is -0.168. The maximum absolute atomic E-state index is 13.5. The molecule has 33 heavy (non-hydrogen) atoms. The Morgan fingerprint density at radius 1 is 0.909 bits per heavy atom. The lowest BCUT2D eigenvalue weighted by molar-refractivity contribution is -0.133. The van der Waals surface area contributed by atoms with E-state index in [1.165, 1.54) is 4.88 Å². The third-order valence-electron chi connectivity index (χ3n) is 5.02. The summed E-state index contributed by atoms with van der Waals surface area (Å²) in [6.45, 7) is 7.50. The third kappa shape index (κ3) is 7.60. The van der Waals surface area contributed by atoms with Crippen molar-refractivity contribution < 1.29 is 9.59 Å². The molecule has 2 aromatic carbocycles. The van der Waals surface area contributed by atoms with Gasteiger partial charge in [-0.05, 0) is 48.7 Å². The number of amides is 2. The van der Waals surface area contributed by atoms with Crippen LogP contribution < -0.4 is 0 Å². The maximum Gasteiger partial charge on any atom is 0.254 e. The number of rotatable bonds is 9. The largest absolute Gasteiger partial charge is 0.332 e. The predicted molar refractivity (Wildman–Crippen MR) is 137 cm³/mol. The minimum absolute atomic E-state index is 0.0155. The van der Waals surface area contributed by atoms with Crippen molar-refractivity contribution in [2.75, 3.05) is 13.1 Å². The number of nitrogens with zero attached hydrogens (tertiary/aromatic N) is 2. The molecule has 2 amide bonds. The second-order valence-corrected chi connectivity index (χ2v) is 10.7. The second kappa shape index (κ2) is 11.7. The molecule has 0 radical (unpaired) electrons. The summed E-state index contributed by atoms with van der Waals surface area (Å²) >= 11 is 13.9. The van der Waals surface area contributed by atoms with Crippen molar-refractivity contribution in [2.45, 2.75) is 33.9 Å². The highest BCUT2D eigenvalue weighted by Crippen LogP contribution is 2.22. The number of carbonyl (C=O) groups excluding carboxylic acids is 2. The van der Waals surface area contributed by atoms with Gasteiger partial charge in [-0.25, -0.2) is 0 Å². The number of hydrogen-bond acceptors (Lipinski definition) is 3. The molecule has 0 saturated carbocycles. The topological polar surface area (TPSA) is 40.6 Å². The summed E-state index contributed by atoms with van der Waals surface area (Å²) < 4.78 is 0. The number of thiophene rings is 1. The van der Waals surface area contributed by atoms with E-state index in [1.807, 2.05) is 49.1 Å². The maximum atomic E-state index is 13.5. The molecule has 1 heterocycles. The molecule has 0 bridgehead atoms. The molecule has 1 aromatic heterocycles. The molecule has 174 valence electrons. The van der Waals surface area contributed by atoms with Crippen LogP contribution in [0.4, 0.5) is 0 Å². The first-order chi connectivity index (χ1) is 15.7. The smallest absolute Gasteiger partial charge is 0.254 e. The zero-order valence-corrected chi connectivity index (χ0v) is 21.4. The quantitative estimate of drug-likeness (QED) is 0.326. The first kappa shape index (κ1) is 25.3. The predicted octanol–water partition coefficient (Wildman–Crippen LogP) is 6.69. The monoisotopic (exact) mass is 502 g/mol. The molecule has 4 nitrogen and oxygen atoms in total. The molecule has 7 heteroatoms. The van der Waals surface area contributed by atoms with Crippen LogP contribution in [0.2, 0.25) is 10.0 Å². The van der Waals surface area contributed by atoms with Gasteiger partial charge >= 0.3 is 0 Å². The highest BCUT2D eigenvalue weighted by Gasteiger charge is 2.24. The molecule has 3 rings (SSSR count). The van der Waals surface area contributed by atoms with E-state index in [9.17, 15) is 9.59 Å². The summed E-state index contributed by atoms with van der Waals surface area (Å²) in [4.78, 5) is 32.5. The minimum atomic E-state index is -0.256. The number of carbonyl (C=O) groups is 2. The second-order valence-electron chi connectivity index (χ2n) is 8.49. The van der Waals surface area contributed by atoms with E-state index >= 15 is 0 Å². The van der Waals surface area contributed by atoms with Crippen molar-refractivity contribution in [1.29, 1.82) is 0 Å². The van der Waals surface area contributed by atoms with Crippen LogP contribution in [0, 0.1) is 12.8 Å². The Labute approximate surface area is 209 Å². The summed E-state index contributed by atoms with van der Waals surface area (Å²) in [5.41, 5.74) is 1.42. The third-order valence-corrected chi connectivity index (χ3v) is 6.44. The van der Waals surface area contributed by atoms with Gasteiger partial charge in [0, 0.05) is 38.5 Å². The lowest BCUT2D eigenvalue weighted by Crippen LogP contribution is -2.43. The van der Waals surface area contributed by atoms with E-state index in [-0.39, 0.29) is 24.3 Å². The van der Waals surface area contributed by atoms with Gasteiger partial charge in [0.25, 0.3) is 5.91 Å². The highest BCUT2D eigenvalue weighted by atomic mass is 35.5. The highest BCUT2D eigenvalue weighted by molar-refractivity contribution is 7.11. The van der Waals surface area contributed by atoms with Gasteiger partial charge < -0.3 is 9.80 Å². The fourth-order valence-electron chi connectivity index (χ4n) is 3.58. The molecule has 0 saturated heterocycles. The van der Waals surface area contributed by atoms with E-state index in [4.69, 9.17) is 23.2 Å². The van der Waals surface area contributed by atoms with Crippen LogP contribution in [0.15, 0.2) is 60.7 Å². The van der Waals surface area contributed by atoms with Gasteiger partial charge in [-0.15, -0.1) is 11.3 Å². The molecule has 0 unspecified atom stereocenters. The van der Waals surface area contributed by atoms with E-state index in [0.717, 1.165) is 10.4 Å². The van der Waals surface area contributed by atoms with Crippen molar-refractivity contribution in [3.8, 4) is 0 Å². The fraction of sp³-hybridized carbons (Fsp3) is 0.308. The minimum Gasteiger partial charge on any atom is -0.332 e. The van der Waals surface area contributed by atoms with Crippen LogP contribution in [0.25, 0.3) is 0 Å². The van der Waals surface area contributed by atoms with Gasteiger partial charge in [-0.3, -0.25) is 9.59 Å². The first-order valence-electron chi connectivity index (χ1n) is 10.8. The van der Waals surface area contributed by atoms with E-state index in [2.05, 4.69) is 19.1 Å². The van der Waals surface area contributed by atoms with Gasteiger partial charge in [0.05, 0.1) is 6.54 Å². The van der Waals surface area contributed by atoms with Gasteiger partial charge in [0.2, 0.25) is 5.91 Å². The standard InChI is InChI=1S/C26H28Cl2N2O2S/c1-18(2)14-30(26(32)21-11-22(27)13-23(28)12-21)17-25(31)29(15-20-7-5-4-6-8-20)16-24-10-9-19(3)33-24/h4-13,18H,14-17H2,1-3H3. The van der Waals surface area contributed by atoms with E-state index < -0.39 is 0 Å². The van der Waals surface area contributed by atoms with Crippen LogP contribution >= 0.6 is 34.5 Å². The van der Waals surface area contributed by atoms with Gasteiger partial charge in [0.15, 0.2) is 0 Å². The Bertz CT molecular complexity index is 1080. The Balaban J connectivity index is 1.84. The number of hydrogen-bond donors (Lipinski definition) is 0. The summed E-state index contributed by atoms with van der Waals surface area (Å²) in [7, 11) is 0. The van der Waals surface area contributed by atoms with E-state index in [0.29, 0.717) is 35.2 Å². The first-order valence-corrected chi connectivity index (χ1v) is 12.4. The Morgan fingerprint density at radius 3 is 2.15 bits per heavy atom. The van der Waals surface area contributed by atoms with Gasteiger partial charge in [-0.2, -0.15) is 0 Å². The molecule has 0 aliphatic rings. The van der Waals surface area contributed by atoms with Crippen molar-refractivity contribution in [3.63, 3.8) is 0 Å². The lowest BCUT2D eigenvalue weighted by atomic mass is 10.1. The SMILES string of the molecule is Cc1ccc(CN(Cc2ccccc2)C(=O)CN(CC(C)C)C(=O)c2cc(Cl)cc(Cl)c2)s1. The van der Waals surface area contributed by atoms with Crippen LogP contribution in [0.5, 0.6) is 0 Å². The van der Waals surface area contributed by atoms with Crippen LogP contribution in [0.1, 0.15) is 39.5 Å². The zero-order valence-electron chi connectivity index (χ0n) is 19.1. The molecule has 3 aromatic rings. The van der Waals surface area contributed by atoms with Crippen LogP contribution in [-0.2, 0) is 17.9 Å². The van der Waals surface area contributed by atoms with E-state index in [1.54, 1.807) is 34.4 Å². The molecule has 0 N–H and O–H groups in total. The Morgan fingerprint density at radius 2 is 1.58 bits per heavy atom. The van der Waals surface area contributed by atoms with Crippen molar-refractivity contribution >= 4 is 46.4 Å². The average Bonchev–Trinajstić information content (AvgIpc) is 3.16. The number of benzene rings is 2. The fourth-order valence-corrected chi connectivity index (χ4v) is 5.01. The Hall–Kier alpha value is -2.34. The molecule has 0 spiro atoms. The lowest BCUT2D eigenvalue weighted by Gasteiger charge is -2.29. The molecule has 0 fully saturated rings. The molecule has 0 atom stereocenters. The number of halogens is 2. The normalized spacial score (nSPS) is 11.0. The van der Waals surface area contributed by atoms with Gasteiger partial charge in [-0.1, -0.05) is 67.4 Å². The van der Waals surface area contributed by atoms with Gasteiger partial charge in [0.1, 0.15) is 6.54 Å². The van der Waals surface area contributed by atoms with Crippen molar-refractivity contribution in [2.24, 2.45) is 5.92 Å². The van der Waals surface area contributed by atoms with Crippen molar-refractivity contribution in [1.82, 2.24) is 9.80 Å². The van der Waals surface area contributed by atoms with Crippen LogP contribution in [0.3, 0.4) is 0 Å². The summed E-state index contributed by atoms with van der Waals surface area (Å²) in [6, 6.07) is 18.8. The Kier molecular flexibility index (Phi) is 8.95. The molecular formula is C26H28Cl2N2O2S.